The minimum Gasteiger partial charge on any atom is -0.497 e. The number of carbonyl (C=O) groups excluding carboxylic acids is 1. The van der Waals surface area contributed by atoms with Crippen molar-refractivity contribution in [2.75, 3.05) is 32.3 Å². The van der Waals surface area contributed by atoms with Crippen molar-refractivity contribution in [3.63, 3.8) is 0 Å². The predicted molar refractivity (Wildman–Crippen MR) is 88.9 cm³/mol. The van der Waals surface area contributed by atoms with Gasteiger partial charge in [-0.2, -0.15) is 11.8 Å². The second-order valence-electron chi connectivity index (χ2n) is 5.51. The molecule has 1 aromatic carbocycles. The highest BCUT2D eigenvalue weighted by Crippen LogP contribution is 2.30. The number of ether oxygens (including phenoxy) is 2. The number of fused-ring (bicyclic) bond motifs is 1. The summed E-state index contributed by atoms with van der Waals surface area (Å²) in [6.07, 6.45) is 0.971. The minimum absolute atomic E-state index is 0.108. The maximum atomic E-state index is 12.3. The van der Waals surface area contributed by atoms with E-state index >= 15 is 0 Å². The Balaban J connectivity index is 1.72. The normalized spacial score (nSPS) is 21.2. The molecule has 2 N–H and O–H groups in total. The maximum absolute atomic E-state index is 12.3. The smallest absolute Gasteiger partial charge is 0.267 e. The third kappa shape index (κ3) is 2.94. The number of aromatic nitrogens is 1. The quantitative estimate of drug-likeness (QED) is 0.888. The first-order valence-electron chi connectivity index (χ1n) is 7.24. The van der Waals surface area contributed by atoms with Crippen molar-refractivity contribution in [2.24, 2.45) is 0 Å². The summed E-state index contributed by atoms with van der Waals surface area (Å²) < 4.78 is 10.8. The number of benzene rings is 1. The average Bonchev–Trinajstić information content (AvgIpc) is 3.19. The Morgan fingerprint density at radius 2 is 2.27 bits per heavy atom. The van der Waals surface area contributed by atoms with Crippen molar-refractivity contribution in [2.45, 2.75) is 12.0 Å². The molecule has 1 aliphatic heterocycles. The van der Waals surface area contributed by atoms with Crippen LogP contribution in [-0.2, 0) is 4.74 Å². The Hall–Kier alpha value is -1.66. The van der Waals surface area contributed by atoms with Gasteiger partial charge in [-0.3, -0.25) is 4.79 Å². The molecule has 5 nitrogen and oxygen atoms in total. The summed E-state index contributed by atoms with van der Waals surface area (Å²) in [6, 6.07) is 7.56. The lowest BCUT2D eigenvalue weighted by molar-refractivity contribution is 0.0137. The fourth-order valence-electron chi connectivity index (χ4n) is 2.65. The topological polar surface area (TPSA) is 63.4 Å². The predicted octanol–water partition coefficient (Wildman–Crippen LogP) is 2.43. The highest BCUT2D eigenvalue weighted by atomic mass is 32.2. The molecule has 2 aromatic rings. The van der Waals surface area contributed by atoms with Gasteiger partial charge in [0, 0.05) is 36.4 Å². The van der Waals surface area contributed by atoms with E-state index in [2.05, 4.69) is 10.3 Å². The van der Waals surface area contributed by atoms with Gasteiger partial charge in [-0.25, -0.2) is 0 Å². The molecule has 2 heterocycles. The van der Waals surface area contributed by atoms with Gasteiger partial charge in [0.25, 0.3) is 5.91 Å². The highest BCUT2D eigenvalue weighted by Gasteiger charge is 2.34. The summed E-state index contributed by atoms with van der Waals surface area (Å²) in [6.45, 7) is 0.536. The van der Waals surface area contributed by atoms with Crippen LogP contribution in [0.1, 0.15) is 16.9 Å². The van der Waals surface area contributed by atoms with Crippen LogP contribution in [0.2, 0.25) is 0 Å². The van der Waals surface area contributed by atoms with Crippen molar-refractivity contribution in [1.29, 1.82) is 0 Å². The lowest BCUT2D eigenvalue weighted by Crippen LogP contribution is -2.44. The third-order valence-electron chi connectivity index (χ3n) is 4.15. The zero-order valence-corrected chi connectivity index (χ0v) is 13.6. The fourth-order valence-corrected chi connectivity index (χ4v) is 4.05. The number of aromatic amines is 1. The lowest BCUT2D eigenvalue weighted by Gasteiger charge is -2.26. The van der Waals surface area contributed by atoms with Crippen LogP contribution in [0.25, 0.3) is 10.9 Å². The van der Waals surface area contributed by atoms with Gasteiger partial charge in [-0.05, 0) is 30.4 Å². The second-order valence-corrected chi connectivity index (χ2v) is 6.61. The number of carbonyl (C=O) groups is 1. The van der Waals surface area contributed by atoms with Gasteiger partial charge >= 0.3 is 0 Å². The molecule has 0 unspecified atom stereocenters. The summed E-state index contributed by atoms with van der Waals surface area (Å²) in [7, 11) is 3.34. The van der Waals surface area contributed by atoms with Crippen LogP contribution in [0, 0.1) is 0 Å². The molecule has 0 spiro atoms. The van der Waals surface area contributed by atoms with E-state index < -0.39 is 0 Å². The Morgan fingerprint density at radius 3 is 2.95 bits per heavy atom. The Bertz CT molecular complexity index is 677. The standard InChI is InChI=1S/C16H20N2O3S/c1-20-12-4-3-11-7-14(18-13(11)8-12)15(19)17-9-16(21-2)5-6-22-10-16/h3-4,7-8,18H,5-6,9-10H2,1-2H3,(H,17,19)/t16-/m0/s1. The molecular weight excluding hydrogens is 300 g/mol. The van der Waals surface area contributed by atoms with Gasteiger partial charge in [-0.15, -0.1) is 0 Å². The molecule has 6 heteroatoms. The first-order valence-corrected chi connectivity index (χ1v) is 8.39. The van der Waals surface area contributed by atoms with Crippen molar-refractivity contribution >= 4 is 28.6 Å². The number of amides is 1. The summed E-state index contributed by atoms with van der Waals surface area (Å²) in [5, 5.41) is 3.97. The van der Waals surface area contributed by atoms with Gasteiger partial charge in [-0.1, -0.05) is 0 Å². The third-order valence-corrected chi connectivity index (χ3v) is 5.37. The molecule has 0 saturated carbocycles. The molecule has 1 saturated heterocycles. The van der Waals surface area contributed by atoms with Gasteiger partial charge in [0.05, 0.1) is 12.7 Å². The molecular formula is C16H20N2O3S. The van der Waals surface area contributed by atoms with Crippen LogP contribution in [-0.4, -0.2) is 48.8 Å². The number of H-pyrrole nitrogens is 1. The summed E-state index contributed by atoms with van der Waals surface area (Å²) in [5.74, 6) is 2.66. The molecule has 0 aliphatic carbocycles. The monoisotopic (exact) mass is 320 g/mol. The number of rotatable bonds is 5. The van der Waals surface area contributed by atoms with Crippen LogP contribution in [0.15, 0.2) is 24.3 Å². The van der Waals surface area contributed by atoms with Crippen LogP contribution in [0.5, 0.6) is 5.75 Å². The summed E-state index contributed by atoms with van der Waals surface area (Å²) in [4.78, 5) is 15.5. The molecule has 22 heavy (non-hydrogen) atoms. The Labute approximate surface area is 133 Å². The molecule has 1 atom stereocenters. The SMILES string of the molecule is COc1ccc2cc(C(=O)NC[C@@]3(OC)CCSC3)[nH]c2c1. The molecule has 1 fully saturated rings. The molecule has 0 radical (unpaired) electrons. The van der Waals surface area contributed by atoms with Crippen LogP contribution in [0.4, 0.5) is 0 Å². The van der Waals surface area contributed by atoms with E-state index in [1.807, 2.05) is 36.0 Å². The number of hydrogen-bond donors (Lipinski definition) is 2. The minimum atomic E-state index is -0.227. The van der Waals surface area contributed by atoms with Crippen LogP contribution in [0.3, 0.4) is 0 Å². The van der Waals surface area contributed by atoms with Crippen molar-refractivity contribution in [3.05, 3.63) is 30.0 Å². The second kappa shape index (κ2) is 6.22. The van der Waals surface area contributed by atoms with Crippen molar-refractivity contribution in [3.8, 4) is 5.75 Å². The molecule has 1 amide bonds. The van der Waals surface area contributed by atoms with Crippen molar-refractivity contribution in [1.82, 2.24) is 10.3 Å². The number of methoxy groups -OCH3 is 2. The first kappa shape index (κ1) is 15.2. The fraction of sp³-hybridized carbons (Fsp3) is 0.438. The molecule has 1 aliphatic rings. The molecule has 3 rings (SSSR count). The molecule has 0 bridgehead atoms. The molecule has 118 valence electrons. The van der Waals surface area contributed by atoms with E-state index in [9.17, 15) is 4.79 Å². The molecule has 1 aromatic heterocycles. The van der Waals surface area contributed by atoms with Gasteiger partial charge in [0.1, 0.15) is 11.4 Å². The Kier molecular flexibility index (Phi) is 4.31. The van der Waals surface area contributed by atoms with Gasteiger partial charge in [0.2, 0.25) is 0 Å². The maximum Gasteiger partial charge on any atom is 0.267 e. The largest absolute Gasteiger partial charge is 0.497 e. The van der Waals surface area contributed by atoms with E-state index in [0.29, 0.717) is 12.2 Å². The van der Waals surface area contributed by atoms with E-state index in [0.717, 1.165) is 34.6 Å². The Morgan fingerprint density at radius 1 is 1.41 bits per heavy atom. The summed E-state index contributed by atoms with van der Waals surface area (Å²) in [5.41, 5.74) is 1.22. The lowest BCUT2D eigenvalue weighted by atomic mass is 10.0. The average molecular weight is 320 g/mol. The van der Waals surface area contributed by atoms with E-state index in [-0.39, 0.29) is 11.5 Å². The zero-order valence-electron chi connectivity index (χ0n) is 12.8. The number of thioether (sulfide) groups is 1. The van der Waals surface area contributed by atoms with E-state index in [1.54, 1.807) is 14.2 Å². The van der Waals surface area contributed by atoms with E-state index in [4.69, 9.17) is 9.47 Å². The summed E-state index contributed by atoms with van der Waals surface area (Å²) >= 11 is 1.86. The van der Waals surface area contributed by atoms with Gasteiger partial charge in [0.15, 0.2) is 0 Å². The van der Waals surface area contributed by atoms with Crippen LogP contribution < -0.4 is 10.1 Å². The van der Waals surface area contributed by atoms with Crippen LogP contribution >= 0.6 is 11.8 Å². The number of nitrogens with one attached hydrogen (secondary N) is 2. The highest BCUT2D eigenvalue weighted by molar-refractivity contribution is 7.99. The van der Waals surface area contributed by atoms with Gasteiger partial charge < -0.3 is 19.8 Å². The zero-order chi connectivity index (χ0) is 15.6. The van der Waals surface area contributed by atoms with E-state index in [1.165, 1.54) is 0 Å². The number of hydrogen-bond acceptors (Lipinski definition) is 4. The first-order chi connectivity index (χ1) is 10.7. The van der Waals surface area contributed by atoms with Crippen molar-refractivity contribution < 1.29 is 14.3 Å².